The van der Waals surface area contributed by atoms with Gasteiger partial charge in [0.15, 0.2) is 0 Å². The van der Waals surface area contributed by atoms with Crippen LogP contribution in [0, 0.1) is 18.8 Å². The molecule has 3 N–H and O–H groups in total. The summed E-state index contributed by atoms with van der Waals surface area (Å²) in [6, 6.07) is 18.4. The van der Waals surface area contributed by atoms with Gasteiger partial charge in [-0.15, -0.1) is 0 Å². The second kappa shape index (κ2) is 8.52. The fourth-order valence-corrected chi connectivity index (χ4v) is 5.41. The Balaban J connectivity index is 1.36. The van der Waals surface area contributed by atoms with Crippen LogP contribution in [-0.2, 0) is 4.79 Å². The minimum absolute atomic E-state index is 0.263. The molecule has 1 saturated heterocycles. The third-order valence-corrected chi connectivity index (χ3v) is 6.82. The average molecular weight is 432 g/mol. The smallest absolute Gasteiger partial charge is 0.231 e. The van der Waals surface area contributed by atoms with Gasteiger partial charge >= 0.3 is 0 Å². The molecule has 3 aromatic rings. The Morgan fingerprint density at radius 3 is 2.62 bits per heavy atom. The summed E-state index contributed by atoms with van der Waals surface area (Å²) in [4.78, 5) is 18.1. The van der Waals surface area contributed by atoms with E-state index in [-0.39, 0.29) is 18.6 Å². The van der Waals surface area contributed by atoms with E-state index in [1.807, 2.05) is 37.3 Å². The number of ether oxygens (including phenoxy) is 1. The molecule has 1 aliphatic heterocycles. The molecule has 0 spiro atoms. The number of carbonyl (C=O) groups is 1. The molecule has 5 rings (SSSR count). The number of carbonyl (C=O) groups excluding carboxylic acids is 1. The van der Waals surface area contributed by atoms with E-state index in [9.17, 15) is 9.90 Å². The summed E-state index contributed by atoms with van der Waals surface area (Å²) < 4.78 is 6.29. The molecule has 1 amide bonds. The second-order valence-corrected chi connectivity index (χ2v) is 9.23. The van der Waals surface area contributed by atoms with Gasteiger partial charge in [0.1, 0.15) is 11.9 Å². The summed E-state index contributed by atoms with van der Waals surface area (Å²) in [5, 5.41) is 11.8. The van der Waals surface area contributed by atoms with Crippen molar-refractivity contribution >= 4 is 16.8 Å². The van der Waals surface area contributed by atoms with Crippen LogP contribution in [0.25, 0.3) is 22.0 Å². The number of likely N-dealkylation sites (tertiary alicyclic amines) is 1. The number of aryl methyl sites for hydroxylation is 1. The summed E-state index contributed by atoms with van der Waals surface area (Å²) in [7, 11) is 0. The van der Waals surface area contributed by atoms with E-state index >= 15 is 0 Å². The number of pyridine rings is 1. The molecular weight excluding hydrogens is 402 g/mol. The van der Waals surface area contributed by atoms with Crippen molar-refractivity contribution < 1.29 is 14.6 Å². The van der Waals surface area contributed by atoms with Crippen molar-refractivity contribution in [1.29, 1.82) is 0 Å². The molecule has 32 heavy (non-hydrogen) atoms. The maximum absolute atomic E-state index is 11.3. The molecule has 4 atom stereocenters. The number of fused-ring (bicyclic) bond motifs is 2. The minimum Gasteiger partial charge on any atom is -0.488 e. The number of primary amides is 1. The van der Waals surface area contributed by atoms with Gasteiger partial charge in [-0.2, -0.15) is 0 Å². The van der Waals surface area contributed by atoms with Crippen LogP contribution in [-0.4, -0.2) is 52.7 Å². The van der Waals surface area contributed by atoms with Crippen molar-refractivity contribution in [2.45, 2.75) is 32.0 Å². The molecule has 1 aromatic heterocycles. The van der Waals surface area contributed by atoms with Crippen LogP contribution in [0.4, 0.5) is 0 Å². The molecule has 0 radical (unpaired) electrons. The number of aliphatic hydroxyl groups is 1. The normalized spacial score (nSPS) is 25.6. The summed E-state index contributed by atoms with van der Waals surface area (Å²) in [5.74, 6) is 1.22. The first-order valence-electron chi connectivity index (χ1n) is 11.3. The van der Waals surface area contributed by atoms with Crippen molar-refractivity contribution in [3.8, 4) is 16.9 Å². The monoisotopic (exact) mass is 431 g/mol. The van der Waals surface area contributed by atoms with Gasteiger partial charge in [-0.3, -0.25) is 14.7 Å². The van der Waals surface area contributed by atoms with Gasteiger partial charge in [-0.05, 0) is 60.9 Å². The summed E-state index contributed by atoms with van der Waals surface area (Å²) in [5.41, 5.74) is 9.51. The largest absolute Gasteiger partial charge is 0.488 e. The minimum atomic E-state index is -0.522. The van der Waals surface area contributed by atoms with Gasteiger partial charge in [0, 0.05) is 30.2 Å². The van der Waals surface area contributed by atoms with Crippen molar-refractivity contribution in [3.05, 3.63) is 60.3 Å². The average Bonchev–Trinajstić information content (AvgIpc) is 3.13. The van der Waals surface area contributed by atoms with Crippen LogP contribution in [0.5, 0.6) is 5.75 Å². The Labute approximate surface area is 188 Å². The Morgan fingerprint density at radius 1 is 1.12 bits per heavy atom. The number of benzene rings is 2. The van der Waals surface area contributed by atoms with Crippen molar-refractivity contribution in [3.63, 3.8) is 0 Å². The van der Waals surface area contributed by atoms with Crippen LogP contribution < -0.4 is 10.5 Å². The van der Waals surface area contributed by atoms with Crippen molar-refractivity contribution in [2.75, 3.05) is 19.6 Å². The SMILES string of the molecule is Cc1cc(-c2ccccc2)c2ccc(O[C@@H]3C[C@@H]4CN(CC(N)=O)C[C@@H]4C[C@H]3O)cc2n1. The van der Waals surface area contributed by atoms with Crippen LogP contribution in [0.15, 0.2) is 54.6 Å². The molecule has 2 heterocycles. The van der Waals surface area contributed by atoms with Crippen LogP contribution in [0.1, 0.15) is 18.5 Å². The number of nitrogens with two attached hydrogens (primary N) is 1. The summed E-state index contributed by atoms with van der Waals surface area (Å²) in [6.07, 6.45) is 0.676. The van der Waals surface area contributed by atoms with E-state index in [4.69, 9.17) is 15.5 Å². The number of hydrogen-bond acceptors (Lipinski definition) is 5. The first-order chi connectivity index (χ1) is 15.5. The number of aliphatic hydroxyl groups excluding tert-OH is 1. The van der Waals surface area contributed by atoms with Gasteiger partial charge in [0.05, 0.1) is 18.2 Å². The fraction of sp³-hybridized carbons (Fsp3) is 0.385. The molecule has 6 nitrogen and oxygen atoms in total. The van der Waals surface area contributed by atoms with E-state index in [0.717, 1.165) is 53.0 Å². The van der Waals surface area contributed by atoms with Gasteiger partial charge in [0.25, 0.3) is 0 Å². The van der Waals surface area contributed by atoms with Gasteiger partial charge < -0.3 is 15.6 Å². The zero-order valence-corrected chi connectivity index (χ0v) is 18.3. The summed E-state index contributed by atoms with van der Waals surface area (Å²) in [6.45, 7) is 3.94. The lowest BCUT2D eigenvalue weighted by atomic mass is 9.78. The standard InChI is InChI=1S/C26H29N3O3/c1-16-9-22(17-5-3-2-4-6-17)21-8-7-20(12-23(21)28-16)32-25-11-19-14-29(15-26(27)31)13-18(19)10-24(25)30/h2-9,12,18-19,24-25,30H,10-11,13-15H2,1H3,(H2,27,31)/t18-,19+,24+,25+/m0/s1. The predicted octanol–water partition coefficient (Wildman–Crippen LogP) is 3.15. The molecular formula is C26H29N3O3. The first kappa shape index (κ1) is 20.9. The third-order valence-electron chi connectivity index (χ3n) is 6.82. The highest BCUT2D eigenvalue weighted by molar-refractivity contribution is 5.95. The molecule has 2 fully saturated rings. The molecule has 0 bridgehead atoms. The zero-order chi connectivity index (χ0) is 22.2. The van der Waals surface area contributed by atoms with Gasteiger partial charge in [-0.25, -0.2) is 0 Å². The van der Waals surface area contributed by atoms with Gasteiger partial charge in [0.2, 0.25) is 5.91 Å². The quantitative estimate of drug-likeness (QED) is 0.648. The Kier molecular flexibility index (Phi) is 5.57. The van der Waals surface area contributed by atoms with E-state index in [2.05, 4.69) is 29.2 Å². The third kappa shape index (κ3) is 4.20. The number of amides is 1. The summed E-state index contributed by atoms with van der Waals surface area (Å²) >= 11 is 0. The lowest BCUT2D eigenvalue weighted by molar-refractivity contribution is -0.118. The van der Waals surface area contributed by atoms with E-state index in [1.54, 1.807) is 0 Å². The molecule has 2 aromatic carbocycles. The highest BCUT2D eigenvalue weighted by Crippen LogP contribution is 2.38. The highest BCUT2D eigenvalue weighted by Gasteiger charge is 2.42. The number of nitrogens with zero attached hydrogens (tertiary/aromatic N) is 2. The molecule has 166 valence electrons. The van der Waals surface area contributed by atoms with E-state index in [1.165, 1.54) is 0 Å². The molecule has 0 unspecified atom stereocenters. The van der Waals surface area contributed by atoms with Crippen molar-refractivity contribution in [1.82, 2.24) is 9.88 Å². The maximum Gasteiger partial charge on any atom is 0.231 e. The number of aromatic nitrogens is 1. The number of hydrogen-bond donors (Lipinski definition) is 2. The van der Waals surface area contributed by atoms with Crippen LogP contribution in [0.3, 0.4) is 0 Å². The lowest BCUT2D eigenvalue weighted by Crippen LogP contribution is -2.42. The molecule has 6 heteroatoms. The lowest BCUT2D eigenvalue weighted by Gasteiger charge is -2.35. The highest BCUT2D eigenvalue weighted by atomic mass is 16.5. The van der Waals surface area contributed by atoms with Gasteiger partial charge in [-0.1, -0.05) is 30.3 Å². The maximum atomic E-state index is 11.3. The number of rotatable bonds is 5. The topological polar surface area (TPSA) is 88.7 Å². The van der Waals surface area contributed by atoms with Crippen molar-refractivity contribution in [2.24, 2.45) is 17.6 Å². The Morgan fingerprint density at radius 2 is 1.88 bits per heavy atom. The second-order valence-electron chi connectivity index (χ2n) is 9.23. The Hall–Kier alpha value is -2.96. The van der Waals surface area contributed by atoms with E-state index in [0.29, 0.717) is 18.3 Å². The first-order valence-corrected chi connectivity index (χ1v) is 11.3. The molecule has 2 aliphatic rings. The van der Waals surface area contributed by atoms with Crippen LogP contribution in [0.2, 0.25) is 0 Å². The Bertz CT molecular complexity index is 1130. The van der Waals surface area contributed by atoms with E-state index < -0.39 is 6.10 Å². The predicted molar refractivity (Wildman–Crippen MR) is 124 cm³/mol. The zero-order valence-electron chi connectivity index (χ0n) is 18.3. The van der Waals surface area contributed by atoms with Crippen LogP contribution >= 0.6 is 0 Å². The molecule has 1 saturated carbocycles. The molecule has 1 aliphatic carbocycles. The fourth-order valence-electron chi connectivity index (χ4n) is 5.41.